The summed E-state index contributed by atoms with van der Waals surface area (Å²) in [6, 6.07) is 2.74. The highest BCUT2D eigenvalue weighted by Gasteiger charge is 2.12. The van der Waals surface area contributed by atoms with Crippen molar-refractivity contribution in [2.24, 2.45) is 0 Å². The van der Waals surface area contributed by atoms with E-state index in [1.165, 1.54) is 20.2 Å². The van der Waals surface area contributed by atoms with Crippen LogP contribution in [-0.2, 0) is 0 Å². The molecule has 0 N–H and O–H groups in total. The molecule has 1 aromatic carbocycles. The van der Waals surface area contributed by atoms with Gasteiger partial charge >= 0.3 is 0 Å². The molecule has 0 saturated heterocycles. The van der Waals surface area contributed by atoms with Crippen molar-refractivity contribution < 1.29 is 13.5 Å². The van der Waals surface area contributed by atoms with Crippen LogP contribution in [0.1, 0.15) is 5.56 Å². The normalized spacial score (nSPS) is 10.7. The Morgan fingerprint density at radius 3 is 2.67 bits per heavy atom. The molecule has 2 aromatic rings. The van der Waals surface area contributed by atoms with Gasteiger partial charge < -0.3 is 4.74 Å². The third-order valence-corrected chi connectivity index (χ3v) is 2.36. The minimum absolute atomic E-state index is 0.269. The van der Waals surface area contributed by atoms with Crippen LogP contribution < -0.4 is 4.74 Å². The standard InChI is InChI=1S/C11H9F2NO/c1-6-7-3-4-14-11(15-2)8(7)5-9(12)10(6)13/h3-5H,1-2H3. The summed E-state index contributed by atoms with van der Waals surface area (Å²) >= 11 is 0. The smallest absolute Gasteiger partial charge is 0.221 e. The number of aryl methyl sites for hydroxylation is 1. The Kier molecular flexibility index (Phi) is 2.26. The van der Waals surface area contributed by atoms with E-state index in [4.69, 9.17) is 4.74 Å². The monoisotopic (exact) mass is 209 g/mol. The molecule has 0 amide bonds. The molecule has 0 radical (unpaired) electrons. The summed E-state index contributed by atoms with van der Waals surface area (Å²) in [5.41, 5.74) is 0.269. The quantitative estimate of drug-likeness (QED) is 0.720. The molecule has 0 unspecified atom stereocenters. The van der Waals surface area contributed by atoms with Crippen LogP contribution >= 0.6 is 0 Å². The van der Waals surface area contributed by atoms with E-state index in [1.54, 1.807) is 6.07 Å². The fraction of sp³-hybridized carbons (Fsp3) is 0.182. The lowest BCUT2D eigenvalue weighted by Crippen LogP contribution is -1.95. The van der Waals surface area contributed by atoms with E-state index < -0.39 is 11.6 Å². The fourth-order valence-corrected chi connectivity index (χ4v) is 1.57. The van der Waals surface area contributed by atoms with Crippen molar-refractivity contribution in [3.05, 3.63) is 35.5 Å². The van der Waals surface area contributed by atoms with Crippen molar-refractivity contribution in [2.75, 3.05) is 7.11 Å². The van der Waals surface area contributed by atoms with Gasteiger partial charge in [-0.05, 0) is 30.0 Å². The maximum absolute atomic E-state index is 13.3. The van der Waals surface area contributed by atoms with Gasteiger partial charge in [0.15, 0.2) is 11.6 Å². The average Bonchev–Trinajstić information content (AvgIpc) is 2.25. The highest BCUT2D eigenvalue weighted by Crippen LogP contribution is 2.28. The van der Waals surface area contributed by atoms with Gasteiger partial charge in [-0.15, -0.1) is 0 Å². The van der Waals surface area contributed by atoms with Crippen molar-refractivity contribution in [1.29, 1.82) is 0 Å². The number of pyridine rings is 1. The van der Waals surface area contributed by atoms with Crippen molar-refractivity contribution in [2.45, 2.75) is 6.92 Å². The lowest BCUT2D eigenvalue weighted by Gasteiger charge is -2.07. The minimum Gasteiger partial charge on any atom is -0.481 e. The first-order valence-electron chi connectivity index (χ1n) is 4.42. The van der Waals surface area contributed by atoms with Gasteiger partial charge in [0.25, 0.3) is 0 Å². The van der Waals surface area contributed by atoms with Crippen LogP contribution in [0.2, 0.25) is 0 Å². The van der Waals surface area contributed by atoms with Gasteiger partial charge in [-0.1, -0.05) is 0 Å². The highest BCUT2D eigenvalue weighted by molar-refractivity contribution is 5.89. The van der Waals surface area contributed by atoms with E-state index in [-0.39, 0.29) is 5.56 Å². The Labute approximate surface area is 85.5 Å². The number of halogens is 2. The number of fused-ring (bicyclic) bond motifs is 1. The molecule has 0 aliphatic heterocycles. The molecule has 0 saturated carbocycles. The van der Waals surface area contributed by atoms with Gasteiger partial charge in [0, 0.05) is 11.6 Å². The molecule has 2 rings (SSSR count). The van der Waals surface area contributed by atoms with Crippen LogP contribution in [0.25, 0.3) is 10.8 Å². The number of aromatic nitrogens is 1. The molecule has 0 atom stereocenters. The summed E-state index contributed by atoms with van der Waals surface area (Å²) in [5.74, 6) is -1.41. The van der Waals surface area contributed by atoms with E-state index in [9.17, 15) is 8.78 Å². The van der Waals surface area contributed by atoms with Gasteiger partial charge in [-0.2, -0.15) is 0 Å². The molecule has 4 heteroatoms. The minimum atomic E-state index is -0.883. The van der Waals surface area contributed by atoms with Crippen molar-refractivity contribution in [3.63, 3.8) is 0 Å². The first-order chi connectivity index (χ1) is 7.15. The maximum Gasteiger partial charge on any atom is 0.221 e. The Bertz CT molecular complexity index is 525. The van der Waals surface area contributed by atoms with E-state index in [2.05, 4.69) is 4.98 Å². The fourth-order valence-electron chi connectivity index (χ4n) is 1.57. The third kappa shape index (κ3) is 1.42. The first kappa shape index (κ1) is 9.83. The van der Waals surface area contributed by atoms with Crippen molar-refractivity contribution >= 4 is 10.8 Å². The van der Waals surface area contributed by atoms with Crippen LogP contribution in [0.3, 0.4) is 0 Å². The van der Waals surface area contributed by atoms with E-state index >= 15 is 0 Å². The molecule has 15 heavy (non-hydrogen) atoms. The van der Waals surface area contributed by atoms with Gasteiger partial charge in [0.2, 0.25) is 5.88 Å². The lowest BCUT2D eigenvalue weighted by atomic mass is 10.1. The molecule has 0 spiro atoms. The van der Waals surface area contributed by atoms with Crippen molar-refractivity contribution in [1.82, 2.24) is 4.98 Å². The molecule has 1 heterocycles. The van der Waals surface area contributed by atoms with Crippen molar-refractivity contribution in [3.8, 4) is 5.88 Å². The number of methoxy groups -OCH3 is 1. The van der Waals surface area contributed by atoms with Crippen LogP contribution in [-0.4, -0.2) is 12.1 Å². The third-order valence-electron chi connectivity index (χ3n) is 2.36. The SMILES string of the molecule is COc1nccc2c(C)c(F)c(F)cc12. The summed E-state index contributed by atoms with van der Waals surface area (Å²) in [7, 11) is 1.44. The van der Waals surface area contributed by atoms with Gasteiger partial charge in [-0.25, -0.2) is 13.8 Å². The molecule has 78 valence electrons. The van der Waals surface area contributed by atoms with Gasteiger partial charge in [0.05, 0.1) is 7.11 Å². The van der Waals surface area contributed by atoms with Gasteiger partial charge in [-0.3, -0.25) is 0 Å². The number of nitrogens with zero attached hydrogens (tertiary/aromatic N) is 1. The first-order valence-corrected chi connectivity index (χ1v) is 4.42. The summed E-state index contributed by atoms with van der Waals surface area (Å²) in [4.78, 5) is 3.93. The second-order valence-corrected chi connectivity index (χ2v) is 3.21. The van der Waals surface area contributed by atoms with Gasteiger partial charge in [0.1, 0.15) is 0 Å². The van der Waals surface area contributed by atoms with Crippen LogP contribution in [0.15, 0.2) is 18.3 Å². The van der Waals surface area contributed by atoms with Crippen LogP contribution in [0.5, 0.6) is 5.88 Å². The van der Waals surface area contributed by atoms with E-state index in [0.717, 1.165) is 6.07 Å². The van der Waals surface area contributed by atoms with E-state index in [1.807, 2.05) is 0 Å². The summed E-state index contributed by atoms with van der Waals surface area (Å²) in [6.45, 7) is 1.53. The summed E-state index contributed by atoms with van der Waals surface area (Å²) in [5, 5.41) is 1.09. The lowest BCUT2D eigenvalue weighted by molar-refractivity contribution is 0.403. The molecule has 0 bridgehead atoms. The number of rotatable bonds is 1. The maximum atomic E-state index is 13.3. The molecule has 0 fully saturated rings. The average molecular weight is 209 g/mol. The molecule has 2 nitrogen and oxygen atoms in total. The predicted molar refractivity (Wildman–Crippen MR) is 52.9 cm³/mol. The Balaban J connectivity index is 2.91. The zero-order chi connectivity index (χ0) is 11.0. The predicted octanol–water partition coefficient (Wildman–Crippen LogP) is 2.83. The number of ether oxygens (including phenoxy) is 1. The Morgan fingerprint density at radius 2 is 2.00 bits per heavy atom. The second kappa shape index (κ2) is 3.46. The second-order valence-electron chi connectivity index (χ2n) is 3.21. The van der Waals surface area contributed by atoms with Crippen LogP contribution in [0.4, 0.5) is 8.78 Å². The molecule has 1 aromatic heterocycles. The summed E-state index contributed by atoms with van der Waals surface area (Å²) in [6.07, 6.45) is 1.51. The number of hydrogen-bond acceptors (Lipinski definition) is 2. The summed E-state index contributed by atoms with van der Waals surface area (Å²) < 4.78 is 31.4. The Hall–Kier alpha value is -1.71. The molecule has 0 aliphatic carbocycles. The topological polar surface area (TPSA) is 22.1 Å². The molecular formula is C11H9F2NO. The van der Waals surface area contributed by atoms with E-state index in [0.29, 0.717) is 16.7 Å². The number of benzene rings is 1. The number of hydrogen-bond donors (Lipinski definition) is 0. The highest BCUT2D eigenvalue weighted by atomic mass is 19.2. The zero-order valence-corrected chi connectivity index (χ0v) is 8.34. The molecule has 0 aliphatic rings. The van der Waals surface area contributed by atoms with Crippen LogP contribution in [0, 0.1) is 18.6 Å². The largest absolute Gasteiger partial charge is 0.481 e. The molecular weight excluding hydrogens is 200 g/mol. The zero-order valence-electron chi connectivity index (χ0n) is 8.34. The Morgan fingerprint density at radius 1 is 1.27 bits per heavy atom.